The van der Waals surface area contributed by atoms with Crippen LogP contribution in [0, 0.1) is 0 Å². The Kier molecular flexibility index (Phi) is 9.33. The average Bonchev–Trinajstić information content (AvgIpc) is 2.36. The fourth-order valence-electron chi connectivity index (χ4n) is 1.73. The van der Waals surface area contributed by atoms with E-state index in [4.69, 9.17) is 4.74 Å². The Morgan fingerprint density at radius 2 is 1.83 bits per heavy atom. The molecule has 0 aromatic heterocycles. The molecule has 0 aromatic carbocycles. The van der Waals surface area contributed by atoms with Crippen molar-refractivity contribution in [3.8, 4) is 0 Å². The highest BCUT2D eigenvalue weighted by molar-refractivity contribution is 5.77. The zero-order valence-electron chi connectivity index (χ0n) is 12.2. The minimum Gasteiger partial charge on any atom is -0.466 e. The van der Waals surface area contributed by atoms with Gasteiger partial charge in [-0.1, -0.05) is 20.3 Å². The molecule has 106 valence electrons. The highest BCUT2D eigenvalue weighted by Crippen LogP contribution is 2.09. The zero-order chi connectivity index (χ0) is 14.0. The third-order valence-corrected chi connectivity index (χ3v) is 3.05. The fourth-order valence-corrected chi connectivity index (χ4v) is 1.73. The van der Waals surface area contributed by atoms with Crippen molar-refractivity contribution in [2.45, 2.75) is 65.8 Å². The molecule has 1 atom stereocenters. The normalized spacial score (nSPS) is 12.0. The average molecular weight is 257 g/mol. The second-order valence-corrected chi connectivity index (χ2v) is 4.50. The number of nitrogens with zero attached hydrogens (tertiary/aromatic N) is 1. The van der Waals surface area contributed by atoms with Crippen LogP contribution in [-0.4, -0.2) is 36.0 Å². The van der Waals surface area contributed by atoms with Crippen LogP contribution in [0.3, 0.4) is 0 Å². The summed E-state index contributed by atoms with van der Waals surface area (Å²) in [5.74, 6) is -0.0791. The molecule has 1 unspecified atom stereocenters. The van der Waals surface area contributed by atoms with Crippen LogP contribution in [0.1, 0.15) is 59.8 Å². The van der Waals surface area contributed by atoms with Crippen LogP contribution >= 0.6 is 0 Å². The smallest absolute Gasteiger partial charge is 0.307 e. The zero-order valence-corrected chi connectivity index (χ0v) is 12.2. The van der Waals surface area contributed by atoms with Gasteiger partial charge in [-0.05, 0) is 26.7 Å². The summed E-state index contributed by atoms with van der Waals surface area (Å²) >= 11 is 0. The molecular weight excluding hydrogens is 230 g/mol. The molecule has 0 aliphatic heterocycles. The van der Waals surface area contributed by atoms with Gasteiger partial charge in [0.15, 0.2) is 0 Å². The van der Waals surface area contributed by atoms with Crippen LogP contribution in [0.2, 0.25) is 0 Å². The SMILES string of the molecule is CCCCC(=O)N(CCC(=O)OCC)C(C)CC. The molecule has 0 saturated carbocycles. The van der Waals surface area contributed by atoms with Gasteiger partial charge in [-0.15, -0.1) is 0 Å². The van der Waals surface area contributed by atoms with Crippen molar-refractivity contribution in [3.63, 3.8) is 0 Å². The van der Waals surface area contributed by atoms with E-state index in [-0.39, 0.29) is 24.3 Å². The third kappa shape index (κ3) is 6.62. The predicted octanol–water partition coefficient (Wildman–Crippen LogP) is 2.76. The van der Waals surface area contributed by atoms with Gasteiger partial charge in [-0.3, -0.25) is 9.59 Å². The molecule has 18 heavy (non-hydrogen) atoms. The molecular formula is C14H27NO3. The highest BCUT2D eigenvalue weighted by Gasteiger charge is 2.19. The number of ether oxygens (including phenoxy) is 1. The maximum atomic E-state index is 12.0. The van der Waals surface area contributed by atoms with Gasteiger partial charge in [0, 0.05) is 19.0 Å². The number of unbranched alkanes of at least 4 members (excludes halogenated alkanes) is 1. The van der Waals surface area contributed by atoms with Gasteiger partial charge in [0.1, 0.15) is 0 Å². The molecule has 0 radical (unpaired) electrons. The monoisotopic (exact) mass is 257 g/mol. The van der Waals surface area contributed by atoms with E-state index in [2.05, 4.69) is 13.8 Å². The van der Waals surface area contributed by atoms with Crippen molar-refractivity contribution in [3.05, 3.63) is 0 Å². The molecule has 0 aliphatic carbocycles. The quantitative estimate of drug-likeness (QED) is 0.597. The third-order valence-electron chi connectivity index (χ3n) is 3.05. The minimum atomic E-state index is -0.228. The van der Waals surface area contributed by atoms with Gasteiger partial charge in [-0.2, -0.15) is 0 Å². The Morgan fingerprint density at radius 1 is 1.17 bits per heavy atom. The number of amides is 1. The lowest BCUT2D eigenvalue weighted by molar-refractivity contribution is -0.144. The number of carbonyl (C=O) groups excluding carboxylic acids is 2. The van der Waals surface area contributed by atoms with Crippen molar-refractivity contribution in [1.82, 2.24) is 4.90 Å². The molecule has 0 saturated heterocycles. The van der Waals surface area contributed by atoms with Gasteiger partial charge in [0.05, 0.1) is 13.0 Å². The van der Waals surface area contributed by atoms with Crippen LogP contribution in [0.25, 0.3) is 0 Å². The molecule has 0 aliphatic rings. The summed E-state index contributed by atoms with van der Waals surface area (Å²) < 4.78 is 4.89. The van der Waals surface area contributed by atoms with Crippen molar-refractivity contribution in [2.24, 2.45) is 0 Å². The number of hydrogen-bond donors (Lipinski definition) is 0. The van der Waals surface area contributed by atoms with Gasteiger partial charge in [-0.25, -0.2) is 0 Å². The Morgan fingerprint density at radius 3 is 2.33 bits per heavy atom. The van der Waals surface area contributed by atoms with Crippen molar-refractivity contribution < 1.29 is 14.3 Å². The summed E-state index contributed by atoms with van der Waals surface area (Å²) in [6.45, 7) is 8.79. The van der Waals surface area contributed by atoms with Crippen molar-refractivity contribution in [2.75, 3.05) is 13.2 Å². The lowest BCUT2D eigenvalue weighted by Crippen LogP contribution is -2.39. The van der Waals surface area contributed by atoms with Crippen molar-refractivity contribution in [1.29, 1.82) is 0 Å². The Bertz CT molecular complexity index is 253. The summed E-state index contributed by atoms with van der Waals surface area (Å²) in [7, 11) is 0. The molecule has 0 rings (SSSR count). The van der Waals surface area contributed by atoms with E-state index in [1.807, 2.05) is 11.8 Å². The second-order valence-electron chi connectivity index (χ2n) is 4.50. The van der Waals surface area contributed by atoms with Crippen LogP contribution in [0.4, 0.5) is 0 Å². The number of esters is 1. The first-order chi connectivity index (χ1) is 8.56. The Hall–Kier alpha value is -1.06. The summed E-state index contributed by atoms with van der Waals surface area (Å²) in [6.07, 6.45) is 3.68. The molecule has 0 spiro atoms. The number of rotatable bonds is 9. The first-order valence-electron chi connectivity index (χ1n) is 7.01. The van der Waals surface area contributed by atoms with E-state index in [9.17, 15) is 9.59 Å². The molecule has 4 heteroatoms. The lowest BCUT2D eigenvalue weighted by atomic mass is 10.1. The first kappa shape index (κ1) is 16.9. The molecule has 1 amide bonds. The molecule has 0 heterocycles. The maximum Gasteiger partial charge on any atom is 0.307 e. The van der Waals surface area contributed by atoms with E-state index in [1.54, 1.807) is 6.92 Å². The molecule has 4 nitrogen and oxygen atoms in total. The van der Waals surface area contributed by atoms with Crippen LogP contribution in [-0.2, 0) is 14.3 Å². The van der Waals surface area contributed by atoms with Gasteiger partial charge in [0.2, 0.25) is 5.91 Å². The fraction of sp³-hybridized carbons (Fsp3) is 0.857. The molecule has 0 bridgehead atoms. The van der Waals surface area contributed by atoms with Crippen LogP contribution < -0.4 is 0 Å². The van der Waals surface area contributed by atoms with Crippen LogP contribution in [0.5, 0.6) is 0 Å². The predicted molar refractivity (Wildman–Crippen MR) is 72.2 cm³/mol. The van der Waals surface area contributed by atoms with Gasteiger partial charge < -0.3 is 9.64 Å². The summed E-state index contributed by atoms with van der Waals surface area (Å²) in [5.41, 5.74) is 0. The van der Waals surface area contributed by atoms with E-state index >= 15 is 0 Å². The Balaban J connectivity index is 4.31. The Labute approximate surface area is 111 Å². The van der Waals surface area contributed by atoms with E-state index in [0.29, 0.717) is 19.6 Å². The van der Waals surface area contributed by atoms with E-state index < -0.39 is 0 Å². The second kappa shape index (κ2) is 9.92. The number of carbonyl (C=O) groups is 2. The number of hydrogen-bond acceptors (Lipinski definition) is 3. The summed E-state index contributed by atoms with van der Waals surface area (Å²) in [4.78, 5) is 25.2. The highest BCUT2D eigenvalue weighted by atomic mass is 16.5. The van der Waals surface area contributed by atoms with Crippen LogP contribution in [0.15, 0.2) is 0 Å². The molecule has 0 N–H and O–H groups in total. The van der Waals surface area contributed by atoms with E-state index in [1.165, 1.54) is 0 Å². The van der Waals surface area contributed by atoms with E-state index in [0.717, 1.165) is 19.3 Å². The molecule has 0 aromatic rings. The minimum absolute atomic E-state index is 0.149. The standard InChI is InChI=1S/C14H27NO3/c1-5-8-9-13(16)15(12(4)6-2)11-10-14(17)18-7-3/h12H,5-11H2,1-4H3. The molecule has 0 fully saturated rings. The van der Waals surface area contributed by atoms with Gasteiger partial charge in [0.25, 0.3) is 0 Å². The van der Waals surface area contributed by atoms with Gasteiger partial charge >= 0.3 is 5.97 Å². The summed E-state index contributed by atoms with van der Waals surface area (Å²) in [6, 6.07) is 0.184. The summed E-state index contributed by atoms with van der Waals surface area (Å²) in [5, 5.41) is 0. The van der Waals surface area contributed by atoms with Crippen molar-refractivity contribution >= 4 is 11.9 Å². The topological polar surface area (TPSA) is 46.6 Å². The largest absolute Gasteiger partial charge is 0.466 e. The maximum absolute atomic E-state index is 12.0. The lowest BCUT2D eigenvalue weighted by Gasteiger charge is -2.28. The first-order valence-corrected chi connectivity index (χ1v) is 7.01.